The third-order valence-corrected chi connectivity index (χ3v) is 5.26. The van der Waals surface area contributed by atoms with Crippen molar-refractivity contribution in [3.05, 3.63) is 98.7 Å². The highest BCUT2D eigenvalue weighted by atomic mass is 19.1. The molecule has 2 unspecified atom stereocenters. The van der Waals surface area contributed by atoms with Gasteiger partial charge in [-0.15, -0.1) is 0 Å². The van der Waals surface area contributed by atoms with E-state index in [9.17, 15) is 14.0 Å². The van der Waals surface area contributed by atoms with Gasteiger partial charge < -0.3 is 13.8 Å². The summed E-state index contributed by atoms with van der Waals surface area (Å²) in [5, 5.41) is 4.05. The van der Waals surface area contributed by atoms with E-state index in [0.717, 1.165) is 5.56 Å². The van der Waals surface area contributed by atoms with Crippen LogP contribution in [0.3, 0.4) is 0 Å². The molecule has 1 saturated heterocycles. The number of pyridine rings is 1. The van der Waals surface area contributed by atoms with E-state index in [-0.39, 0.29) is 41.0 Å². The average Bonchev–Trinajstić information content (AvgIpc) is 3.41. The number of aromatic nitrogens is 4. The van der Waals surface area contributed by atoms with Crippen LogP contribution < -0.4 is 11.1 Å². The van der Waals surface area contributed by atoms with Crippen molar-refractivity contribution in [3.63, 3.8) is 0 Å². The van der Waals surface area contributed by atoms with E-state index in [2.05, 4.69) is 10.1 Å². The molecular weight excluding hydrogens is 391 g/mol. The zero-order chi connectivity index (χ0) is 20.7. The highest BCUT2D eigenvalue weighted by Crippen LogP contribution is 2.37. The van der Waals surface area contributed by atoms with Gasteiger partial charge in [0.25, 0.3) is 11.1 Å². The van der Waals surface area contributed by atoms with Crippen molar-refractivity contribution in [1.29, 1.82) is 0 Å². The molecule has 1 fully saturated rings. The maximum Gasteiger partial charge on any atom is 0.275 e. The van der Waals surface area contributed by atoms with Crippen LogP contribution in [0.4, 0.5) is 4.39 Å². The zero-order valence-electron chi connectivity index (χ0n) is 15.8. The van der Waals surface area contributed by atoms with E-state index < -0.39 is 0 Å². The topological polar surface area (TPSA) is 91.6 Å². The number of rotatable bonds is 4. The van der Waals surface area contributed by atoms with E-state index in [1.165, 1.54) is 39.6 Å². The van der Waals surface area contributed by atoms with E-state index in [4.69, 9.17) is 9.26 Å². The Morgan fingerprint density at radius 2 is 1.93 bits per heavy atom. The molecule has 152 valence electrons. The van der Waals surface area contributed by atoms with Crippen molar-refractivity contribution >= 4 is 5.52 Å². The van der Waals surface area contributed by atoms with Crippen LogP contribution in [0.2, 0.25) is 0 Å². The summed E-state index contributed by atoms with van der Waals surface area (Å²) in [4.78, 5) is 28.9. The van der Waals surface area contributed by atoms with Gasteiger partial charge in [-0.2, -0.15) is 4.98 Å². The second-order valence-electron chi connectivity index (χ2n) is 7.20. The molecule has 3 aromatic heterocycles. The summed E-state index contributed by atoms with van der Waals surface area (Å²) >= 11 is 0. The highest BCUT2D eigenvalue weighted by Gasteiger charge is 2.31. The molecular formula is C21H17FN4O4. The molecule has 2 atom stereocenters. The summed E-state index contributed by atoms with van der Waals surface area (Å²) in [6, 6.07) is 10.8. The standard InChI is InChI=1S/C21H17FN4O4/c22-15-6-4-13(5-7-15)17-10-14(12-29-17)20-23-18(30-24-20)11-25-8-9-26-16(21(25)28)2-1-3-19(26)27/h1-9,14,17H,10-12H2. The molecule has 30 heavy (non-hydrogen) atoms. The minimum absolute atomic E-state index is 0.0514. The molecule has 0 bridgehead atoms. The lowest BCUT2D eigenvalue weighted by molar-refractivity contribution is 0.110. The summed E-state index contributed by atoms with van der Waals surface area (Å²) in [5.74, 6) is 0.467. The average molecular weight is 408 g/mol. The molecule has 0 spiro atoms. The van der Waals surface area contributed by atoms with Gasteiger partial charge in [-0.25, -0.2) is 4.39 Å². The lowest BCUT2D eigenvalue weighted by atomic mass is 10.00. The third kappa shape index (κ3) is 3.33. The van der Waals surface area contributed by atoms with Gasteiger partial charge in [0.15, 0.2) is 5.82 Å². The van der Waals surface area contributed by atoms with Crippen LogP contribution in [0.5, 0.6) is 0 Å². The number of hydrogen-bond acceptors (Lipinski definition) is 6. The second-order valence-corrected chi connectivity index (χ2v) is 7.20. The molecule has 0 aliphatic carbocycles. The first-order valence-corrected chi connectivity index (χ1v) is 9.49. The minimum Gasteiger partial charge on any atom is -0.373 e. The Morgan fingerprint density at radius 3 is 2.77 bits per heavy atom. The van der Waals surface area contributed by atoms with Crippen LogP contribution in [0.1, 0.15) is 35.7 Å². The Balaban J connectivity index is 1.33. The Labute approximate surface area is 169 Å². The Morgan fingerprint density at radius 1 is 1.10 bits per heavy atom. The van der Waals surface area contributed by atoms with Crippen molar-refractivity contribution < 1.29 is 13.7 Å². The van der Waals surface area contributed by atoms with Crippen LogP contribution in [0.15, 0.2) is 69.0 Å². The van der Waals surface area contributed by atoms with Gasteiger partial charge in [0.05, 0.1) is 12.7 Å². The first-order valence-electron chi connectivity index (χ1n) is 9.49. The van der Waals surface area contributed by atoms with Crippen molar-refractivity contribution in [3.8, 4) is 0 Å². The van der Waals surface area contributed by atoms with Crippen LogP contribution in [0, 0.1) is 5.82 Å². The van der Waals surface area contributed by atoms with Gasteiger partial charge >= 0.3 is 0 Å². The molecule has 0 N–H and O–H groups in total. The van der Waals surface area contributed by atoms with E-state index in [0.29, 0.717) is 24.7 Å². The van der Waals surface area contributed by atoms with Gasteiger partial charge in [0, 0.05) is 24.4 Å². The lowest BCUT2D eigenvalue weighted by Gasteiger charge is -2.08. The molecule has 4 aromatic rings. The summed E-state index contributed by atoms with van der Waals surface area (Å²) in [5.41, 5.74) is 0.584. The van der Waals surface area contributed by atoms with Gasteiger partial charge in [0.1, 0.15) is 17.9 Å². The summed E-state index contributed by atoms with van der Waals surface area (Å²) in [7, 11) is 0. The van der Waals surface area contributed by atoms with E-state index in [1.807, 2.05) is 0 Å². The molecule has 0 radical (unpaired) electrons. The summed E-state index contributed by atoms with van der Waals surface area (Å²) < 4.78 is 27.0. The third-order valence-electron chi connectivity index (χ3n) is 5.26. The van der Waals surface area contributed by atoms with Crippen LogP contribution in [-0.2, 0) is 11.3 Å². The Kier molecular flexibility index (Phi) is 4.51. The molecule has 4 heterocycles. The Hall–Kier alpha value is -3.59. The first-order chi connectivity index (χ1) is 14.6. The number of hydrogen-bond donors (Lipinski definition) is 0. The van der Waals surface area contributed by atoms with Crippen molar-refractivity contribution in [2.24, 2.45) is 0 Å². The molecule has 5 rings (SSSR count). The highest BCUT2D eigenvalue weighted by molar-refractivity contribution is 5.43. The largest absolute Gasteiger partial charge is 0.373 e. The van der Waals surface area contributed by atoms with Crippen LogP contribution in [0.25, 0.3) is 5.52 Å². The van der Waals surface area contributed by atoms with Crippen LogP contribution >= 0.6 is 0 Å². The number of nitrogens with zero attached hydrogens (tertiary/aromatic N) is 4. The summed E-state index contributed by atoms with van der Waals surface area (Å²) in [6.07, 6.45) is 3.56. The van der Waals surface area contributed by atoms with Gasteiger partial charge in [-0.1, -0.05) is 23.4 Å². The number of halogens is 1. The normalized spacial score (nSPS) is 18.8. The minimum atomic E-state index is -0.324. The summed E-state index contributed by atoms with van der Waals surface area (Å²) in [6.45, 7) is 0.528. The number of fused-ring (bicyclic) bond motifs is 1. The molecule has 1 aliphatic heterocycles. The number of benzene rings is 1. The Bertz CT molecular complexity index is 1330. The van der Waals surface area contributed by atoms with Crippen molar-refractivity contribution in [2.45, 2.75) is 25.0 Å². The maximum atomic E-state index is 13.1. The molecule has 8 nitrogen and oxygen atoms in total. The predicted molar refractivity (Wildman–Crippen MR) is 104 cm³/mol. The van der Waals surface area contributed by atoms with Crippen molar-refractivity contribution in [1.82, 2.24) is 19.1 Å². The van der Waals surface area contributed by atoms with E-state index >= 15 is 0 Å². The maximum absolute atomic E-state index is 13.1. The fraction of sp³-hybridized carbons (Fsp3) is 0.238. The van der Waals surface area contributed by atoms with Crippen LogP contribution in [-0.4, -0.2) is 25.7 Å². The van der Waals surface area contributed by atoms with Gasteiger partial charge in [-0.3, -0.25) is 14.0 Å². The smallest absolute Gasteiger partial charge is 0.275 e. The van der Waals surface area contributed by atoms with Crippen molar-refractivity contribution in [2.75, 3.05) is 6.61 Å². The fourth-order valence-electron chi connectivity index (χ4n) is 3.68. The van der Waals surface area contributed by atoms with Gasteiger partial charge in [0.2, 0.25) is 5.89 Å². The first kappa shape index (κ1) is 18.4. The molecule has 9 heteroatoms. The quantitative estimate of drug-likeness (QED) is 0.515. The second kappa shape index (κ2) is 7.34. The molecule has 1 aliphatic rings. The lowest BCUT2D eigenvalue weighted by Crippen LogP contribution is -2.26. The van der Waals surface area contributed by atoms with E-state index in [1.54, 1.807) is 24.3 Å². The molecule has 1 aromatic carbocycles. The molecule has 0 saturated carbocycles. The fourth-order valence-corrected chi connectivity index (χ4v) is 3.68. The SMILES string of the molecule is O=c1c2cccc(=O)n2ccn1Cc1nc(C2COC(c3ccc(F)cc3)C2)no1. The molecule has 0 amide bonds. The zero-order valence-corrected chi connectivity index (χ0v) is 15.8. The van der Waals surface area contributed by atoms with Gasteiger partial charge in [-0.05, 0) is 30.2 Å². The predicted octanol–water partition coefficient (Wildman–Crippen LogP) is 2.28. The number of ether oxygens (including phenoxy) is 1. The monoisotopic (exact) mass is 408 g/mol.